The molecule has 5 rings (SSSR count). The molecule has 0 unspecified atom stereocenters. The predicted octanol–water partition coefficient (Wildman–Crippen LogP) is 4.43. The summed E-state index contributed by atoms with van der Waals surface area (Å²) in [5, 5.41) is 2.47. The van der Waals surface area contributed by atoms with E-state index in [2.05, 4.69) is 27.2 Å². The average molecular weight is 510 g/mol. The zero-order valence-electron chi connectivity index (χ0n) is 19.5. The quantitative estimate of drug-likeness (QED) is 0.441. The monoisotopic (exact) mass is 509 g/mol. The number of pyridine rings is 1. The Bertz CT molecular complexity index is 1380. The topological polar surface area (TPSA) is 113 Å². The van der Waals surface area contributed by atoms with Crippen LogP contribution in [0.3, 0.4) is 0 Å². The lowest BCUT2D eigenvalue weighted by atomic mass is 10.1. The van der Waals surface area contributed by atoms with E-state index >= 15 is 0 Å². The third-order valence-electron chi connectivity index (χ3n) is 6.00. The van der Waals surface area contributed by atoms with Crippen LogP contribution >= 0.6 is 11.3 Å². The number of anilines is 1. The second kappa shape index (κ2) is 9.94. The van der Waals surface area contributed by atoms with Crippen LogP contribution in [-0.2, 0) is 9.59 Å². The lowest BCUT2D eigenvalue weighted by Crippen LogP contribution is -2.44. The van der Waals surface area contributed by atoms with Crippen LogP contribution in [0.25, 0.3) is 15.8 Å². The SMILES string of the molecule is CC(=O)N1CC=C(c2cc3nccc(Oc4ccc(NC(=O)NNC(=O)C5CC5)cc4F)c3s2)CC1. The van der Waals surface area contributed by atoms with Crippen LogP contribution < -0.4 is 20.9 Å². The number of thiophene rings is 1. The molecule has 1 aliphatic heterocycles. The summed E-state index contributed by atoms with van der Waals surface area (Å²) in [6.45, 7) is 2.81. The van der Waals surface area contributed by atoms with E-state index in [0.29, 0.717) is 18.8 Å². The van der Waals surface area contributed by atoms with Crippen molar-refractivity contribution in [3.05, 3.63) is 53.3 Å². The van der Waals surface area contributed by atoms with Gasteiger partial charge < -0.3 is 15.0 Å². The maximum Gasteiger partial charge on any atom is 0.337 e. The molecule has 1 aliphatic carbocycles. The highest BCUT2D eigenvalue weighted by Crippen LogP contribution is 2.39. The molecule has 0 radical (unpaired) electrons. The Kier molecular flexibility index (Phi) is 6.55. The molecule has 4 amide bonds. The van der Waals surface area contributed by atoms with Gasteiger partial charge in [0.15, 0.2) is 11.6 Å². The number of nitrogens with zero attached hydrogens (tertiary/aromatic N) is 2. The van der Waals surface area contributed by atoms with Gasteiger partial charge in [-0.05, 0) is 43.0 Å². The van der Waals surface area contributed by atoms with Crippen LogP contribution in [0.5, 0.6) is 11.5 Å². The Labute approximate surface area is 210 Å². The molecule has 2 aliphatic rings. The molecule has 2 aromatic heterocycles. The normalized spacial score (nSPS) is 15.3. The van der Waals surface area contributed by atoms with Crippen molar-refractivity contribution in [2.24, 2.45) is 5.92 Å². The van der Waals surface area contributed by atoms with Gasteiger partial charge in [-0.2, -0.15) is 0 Å². The van der Waals surface area contributed by atoms with Crippen LogP contribution in [0, 0.1) is 11.7 Å². The first-order valence-electron chi connectivity index (χ1n) is 11.5. The smallest absolute Gasteiger partial charge is 0.337 e. The second-order valence-electron chi connectivity index (χ2n) is 8.67. The standard InChI is InChI=1S/C25H24FN5O4S/c1-14(32)31-10-7-15(8-11-31)22-13-19-23(36-22)21(6-9-27-19)35-20-5-4-17(12-18(20)26)28-25(34)30-29-24(33)16-2-3-16/h4-7,9,12-13,16H,2-3,8,10-11H2,1H3,(H,29,33)(H2,28,30,34). The van der Waals surface area contributed by atoms with E-state index in [-0.39, 0.29) is 29.2 Å². The van der Waals surface area contributed by atoms with E-state index in [1.165, 1.54) is 23.5 Å². The van der Waals surface area contributed by atoms with Gasteiger partial charge in [-0.3, -0.25) is 20.0 Å². The Hall–Kier alpha value is -3.99. The number of nitrogens with one attached hydrogen (secondary N) is 3. The van der Waals surface area contributed by atoms with Crippen molar-refractivity contribution in [2.75, 3.05) is 18.4 Å². The van der Waals surface area contributed by atoms with Crippen LogP contribution in [-0.4, -0.2) is 40.8 Å². The zero-order chi connectivity index (χ0) is 25.2. The van der Waals surface area contributed by atoms with Crippen LogP contribution in [0.15, 0.2) is 42.6 Å². The molecule has 0 spiro atoms. The number of urea groups is 1. The van der Waals surface area contributed by atoms with Crippen molar-refractivity contribution in [1.29, 1.82) is 0 Å². The maximum absolute atomic E-state index is 14.8. The van der Waals surface area contributed by atoms with Crippen LogP contribution in [0.1, 0.15) is 31.1 Å². The van der Waals surface area contributed by atoms with E-state index in [4.69, 9.17) is 4.74 Å². The van der Waals surface area contributed by atoms with Gasteiger partial charge in [0.05, 0.1) is 10.2 Å². The Morgan fingerprint density at radius 1 is 1.14 bits per heavy atom. The summed E-state index contributed by atoms with van der Waals surface area (Å²) >= 11 is 1.51. The van der Waals surface area contributed by atoms with E-state index in [9.17, 15) is 18.8 Å². The van der Waals surface area contributed by atoms with Crippen molar-refractivity contribution in [2.45, 2.75) is 26.2 Å². The molecule has 3 N–H and O–H groups in total. The van der Waals surface area contributed by atoms with Gasteiger partial charge in [0.25, 0.3) is 0 Å². The number of halogens is 1. The number of hydrogen-bond donors (Lipinski definition) is 3. The summed E-state index contributed by atoms with van der Waals surface area (Å²) in [5.74, 6) is -0.412. The Morgan fingerprint density at radius 2 is 1.97 bits per heavy atom. The third-order valence-corrected chi connectivity index (χ3v) is 7.22. The van der Waals surface area contributed by atoms with Crippen LogP contribution in [0.2, 0.25) is 0 Å². The molecule has 1 fully saturated rings. The number of fused-ring (bicyclic) bond motifs is 1. The largest absolute Gasteiger partial charge is 0.453 e. The molecule has 36 heavy (non-hydrogen) atoms. The van der Waals surface area contributed by atoms with Crippen LogP contribution in [0.4, 0.5) is 14.9 Å². The van der Waals surface area contributed by atoms with Crippen molar-refractivity contribution in [3.63, 3.8) is 0 Å². The molecule has 11 heteroatoms. The number of ether oxygens (including phenoxy) is 1. The molecule has 0 atom stereocenters. The lowest BCUT2D eigenvalue weighted by Gasteiger charge is -2.24. The molecule has 3 aromatic rings. The van der Waals surface area contributed by atoms with E-state index in [0.717, 1.165) is 46.0 Å². The summed E-state index contributed by atoms with van der Waals surface area (Å²) < 4.78 is 21.5. The number of carbonyl (C=O) groups excluding carboxylic acids is 3. The summed E-state index contributed by atoms with van der Waals surface area (Å²) in [6, 6.07) is 7.05. The molecule has 0 bridgehead atoms. The fourth-order valence-electron chi connectivity index (χ4n) is 3.84. The minimum Gasteiger partial charge on any atom is -0.453 e. The summed E-state index contributed by atoms with van der Waals surface area (Å²) in [4.78, 5) is 42.4. The fraction of sp³-hybridized carbons (Fsp3) is 0.280. The average Bonchev–Trinajstić information content (AvgIpc) is 3.63. The van der Waals surface area contributed by atoms with E-state index < -0.39 is 11.8 Å². The Balaban J connectivity index is 1.27. The highest BCUT2D eigenvalue weighted by Gasteiger charge is 2.29. The van der Waals surface area contributed by atoms with E-state index in [1.54, 1.807) is 24.1 Å². The van der Waals surface area contributed by atoms with Gasteiger partial charge in [-0.15, -0.1) is 11.3 Å². The van der Waals surface area contributed by atoms with Gasteiger partial charge in [0.1, 0.15) is 5.75 Å². The number of amides is 4. The highest BCUT2D eigenvalue weighted by atomic mass is 32.1. The minimum atomic E-state index is -0.678. The summed E-state index contributed by atoms with van der Waals surface area (Å²) in [7, 11) is 0. The number of carbonyl (C=O) groups is 3. The first-order valence-corrected chi connectivity index (χ1v) is 12.4. The summed E-state index contributed by atoms with van der Waals surface area (Å²) in [5.41, 5.74) is 6.68. The van der Waals surface area contributed by atoms with Gasteiger partial charge in [-0.25, -0.2) is 14.6 Å². The predicted molar refractivity (Wildman–Crippen MR) is 134 cm³/mol. The number of rotatable bonds is 5. The molecular formula is C25H24FN5O4S. The second-order valence-corrected chi connectivity index (χ2v) is 9.72. The third kappa shape index (κ3) is 5.30. The van der Waals surface area contributed by atoms with Crippen molar-refractivity contribution in [1.82, 2.24) is 20.7 Å². The number of hydrogen-bond acceptors (Lipinski definition) is 6. The summed E-state index contributed by atoms with van der Waals surface area (Å²) in [6.07, 6.45) is 6.04. The van der Waals surface area contributed by atoms with Gasteiger partial charge in [-0.1, -0.05) is 6.08 Å². The van der Waals surface area contributed by atoms with E-state index in [1.807, 2.05) is 6.07 Å². The van der Waals surface area contributed by atoms with Crippen molar-refractivity contribution in [3.8, 4) is 11.5 Å². The molecule has 1 aromatic carbocycles. The van der Waals surface area contributed by atoms with Gasteiger partial charge >= 0.3 is 6.03 Å². The lowest BCUT2D eigenvalue weighted by molar-refractivity contribution is -0.128. The van der Waals surface area contributed by atoms with Crippen molar-refractivity contribution >= 4 is 50.7 Å². The molecular weight excluding hydrogens is 485 g/mol. The number of aromatic nitrogens is 1. The van der Waals surface area contributed by atoms with Crippen molar-refractivity contribution < 1.29 is 23.5 Å². The first-order chi connectivity index (χ1) is 17.4. The first kappa shape index (κ1) is 23.7. The molecule has 186 valence electrons. The molecule has 3 heterocycles. The minimum absolute atomic E-state index is 0.000531. The van der Waals surface area contributed by atoms with Gasteiger partial charge in [0, 0.05) is 54.8 Å². The number of hydrazine groups is 1. The fourth-order valence-corrected chi connectivity index (χ4v) is 4.97. The highest BCUT2D eigenvalue weighted by molar-refractivity contribution is 7.20. The Morgan fingerprint density at radius 3 is 2.67 bits per heavy atom. The molecule has 0 saturated heterocycles. The zero-order valence-corrected chi connectivity index (χ0v) is 20.3. The number of benzene rings is 1. The molecule has 9 nitrogen and oxygen atoms in total. The maximum atomic E-state index is 14.8. The molecule has 1 saturated carbocycles. The van der Waals surface area contributed by atoms with Gasteiger partial charge in [0.2, 0.25) is 11.8 Å².